The van der Waals surface area contributed by atoms with Crippen LogP contribution in [-0.4, -0.2) is 19.3 Å². The summed E-state index contributed by atoms with van der Waals surface area (Å²) in [4.78, 5) is 1.47. The Morgan fingerprint density at radius 2 is 2.14 bits per heavy atom. The lowest BCUT2D eigenvalue weighted by Crippen LogP contribution is -2.44. The van der Waals surface area contributed by atoms with Crippen LogP contribution >= 0.6 is 27.3 Å². The van der Waals surface area contributed by atoms with Gasteiger partial charge in [0.1, 0.15) is 0 Å². The lowest BCUT2D eigenvalue weighted by atomic mass is 9.74. The maximum atomic E-state index is 6.26. The van der Waals surface area contributed by atoms with Gasteiger partial charge in [0, 0.05) is 17.5 Å². The number of thiophene rings is 1. The fourth-order valence-electron chi connectivity index (χ4n) is 4.14. The summed E-state index contributed by atoms with van der Waals surface area (Å²) < 4.78 is 7.54. The molecule has 2 aliphatic rings. The second-order valence-electron chi connectivity index (χ2n) is 6.72. The molecule has 1 aliphatic heterocycles. The minimum absolute atomic E-state index is 0.194. The average Bonchev–Trinajstić information content (AvgIpc) is 2.80. The molecule has 2 atom stereocenters. The second-order valence-corrected chi connectivity index (χ2v) is 9.12. The zero-order chi connectivity index (χ0) is 14.9. The van der Waals surface area contributed by atoms with Gasteiger partial charge in [0.2, 0.25) is 0 Å². The van der Waals surface area contributed by atoms with Gasteiger partial charge in [0.25, 0.3) is 0 Å². The van der Waals surface area contributed by atoms with Crippen LogP contribution in [0.25, 0.3) is 0 Å². The number of hydrogen-bond acceptors (Lipinski definition) is 3. The van der Waals surface area contributed by atoms with Crippen LogP contribution in [0.3, 0.4) is 0 Å². The van der Waals surface area contributed by atoms with E-state index >= 15 is 0 Å². The number of rotatable bonds is 3. The Morgan fingerprint density at radius 3 is 2.76 bits per heavy atom. The van der Waals surface area contributed by atoms with E-state index in [-0.39, 0.29) is 5.60 Å². The normalized spacial score (nSPS) is 26.9. The molecule has 0 radical (unpaired) electrons. The molecule has 118 valence electrons. The van der Waals surface area contributed by atoms with Gasteiger partial charge >= 0.3 is 0 Å². The first kappa shape index (κ1) is 16.0. The molecule has 1 saturated heterocycles. The third kappa shape index (κ3) is 3.39. The number of nitrogens with one attached hydrogen (secondary N) is 1. The molecular formula is C17H26BrNOS. The first-order valence-corrected chi connectivity index (χ1v) is 9.81. The maximum absolute atomic E-state index is 6.26. The molecule has 0 amide bonds. The van der Waals surface area contributed by atoms with Crippen molar-refractivity contribution in [1.82, 2.24) is 5.32 Å². The van der Waals surface area contributed by atoms with Crippen LogP contribution < -0.4 is 5.32 Å². The quantitative estimate of drug-likeness (QED) is 0.787. The minimum atomic E-state index is 0.194. The highest BCUT2D eigenvalue weighted by molar-refractivity contribution is 9.11. The molecule has 21 heavy (non-hydrogen) atoms. The highest BCUT2D eigenvalue weighted by atomic mass is 79.9. The third-order valence-electron chi connectivity index (χ3n) is 5.26. The van der Waals surface area contributed by atoms with Crippen LogP contribution in [0.2, 0.25) is 0 Å². The first-order chi connectivity index (χ1) is 10.1. The largest absolute Gasteiger partial charge is 0.375 e. The summed E-state index contributed by atoms with van der Waals surface area (Å²) in [5.41, 5.74) is 1.55. The molecule has 1 N–H and O–H groups in total. The first-order valence-electron chi connectivity index (χ1n) is 8.21. The lowest BCUT2D eigenvalue weighted by Gasteiger charge is -2.45. The molecule has 1 spiro atoms. The van der Waals surface area contributed by atoms with Crippen molar-refractivity contribution in [3.05, 3.63) is 20.3 Å². The van der Waals surface area contributed by atoms with Gasteiger partial charge in [0.05, 0.1) is 9.39 Å². The zero-order valence-corrected chi connectivity index (χ0v) is 15.5. The van der Waals surface area contributed by atoms with Gasteiger partial charge in [-0.25, -0.2) is 0 Å². The number of hydrogen-bond donors (Lipinski definition) is 1. The van der Waals surface area contributed by atoms with Crippen LogP contribution in [0.5, 0.6) is 0 Å². The molecule has 2 unspecified atom stereocenters. The third-order valence-corrected chi connectivity index (χ3v) is 7.48. The van der Waals surface area contributed by atoms with Gasteiger partial charge in [-0.1, -0.05) is 19.3 Å². The maximum Gasteiger partial charge on any atom is 0.0731 e. The molecule has 0 bridgehead atoms. The van der Waals surface area contributed by atoms with E-state index in [0.717, 1.165) is 6.61 Å². The monoisotopic (exact) mass is 371 g/mol. The van der Waals surface area contributed by atoms with E-state index in [2.05, 4.69) is 41.3 Å². The molecular weight excluding hydrogens is 346 g/mol. The second kappa shape index (κ2) is 6.69. The molecule has 2 nitrogen and oxygen atoms in total. The fraction of sp³-hybridized carbons (Fsp3) is 0.765. The Balaban J connectivity index is 1.77. The van der Waals surface area contributed by atoms with Crippen molar-refractivity contribution in [2.24, 2.45) is 5.92 Å². The minimum Gasteiger partial charge on any atom is -0.375 e. The van der Waals surface area contributed by atoms with Crippen molar-refractivity contribution in [2.75, 3.05) is 13.7 Å². The van der Waals surface area contributed by atoms with Gasteiger partial charge in [-0.15, -0.1) is 11.3 Å². The van der Waals surface area contributed by atoms with E-state index in [1.807, 2.05) is 11.3 Å². The Kier molecular flexibility index (Phi) is 5.09. The van der Waals surface area contributed by atoms with Crippen LogP contribution in [0.15, 0.2) is 9.85 Å². The van der Waals surface area contributed by atoms with Crippen LogP contribution in [0.1, 0.15) is 61.4 Å². The van der Waals surface area contributed by atoms with E-state index in [0.29, 0.717) is 12.0 Å². The highest BCUT2D eigenvalue weighted by Gasteiger charge is 2.41. The summed E-state index contributed by atoms with van der Waals surface area (Å²) >= 11 is 5.56. The molecule has 2 heterocycles. The van der Waals surface area contributed by atoms with Crippen molar-refractivity contribution in [3.63, 3.8) is 0 Å². The zero-order valence-electron chi connectivity index (χ0n) is 13.1. The van der Waals surface area contributed by atoms with E-state index in [1.165, 1.54) is 59.2 Å². The molecule has 1 saturated carbocycles. The summed E-state index contributed by atoms with van der Waals surface area (Å²) in [6.07, 6.45) is 9.04. The number of aryl methyl sites for hydroxylation is 1. The molecule has 1 aromatic heterocycles. The van der Waals surface area contributed by atoms with Gasteiger partial charge in [-0.2, -0.15) is 0 Å². The summed E-state index contributed by atoms with van der Waals surface area (Å²) in [5, 5.41) is 3.58. The topological polar surface area (TPSA) is 21.3 Å². The van der Waals surface area contributed by atoms with Crippen LogP contribution in [0, 0.1) is 12.8 Å². The van der Waals surface area contributed by atoms with Gasteiger partial charge < -0.3 is 10.1 Å². The summed E-state index contributed by atoms with van der Waals surface area (Å²) in [7, 11) is 2.11. The highest BCUT2D eigenvalue weighted by Crippen LogP contribution is 2.45. The Bertz CT molecular complexity index is 456. The summed E-state index contributed by atoms with van der Waals surface area (Å²) in [5.74, 6) is 0.701. The van der Waals surface area contributed by atoms with Crippen molar-refractivity contribution < 1.29 is 4.74 Å². The summed E-state index contributed by atoms with van der Waals surface area (Å²) in [6.45, 7) is 3.12. The summed E-state index contributed by atoms with van der Waals surface area (Å²) in [6, 6.07) is 2.82. The van der Waals surface area contributed by atoms with Crippen molar-refractivity contribution >= 4 is 27.3 Å². The van der Waals surface area contributed by atoms with Crippen molar-refractivity contribution in [1.29, 1.82) is 0 Å². The van der Waals surface area contributed by atoms with Gasteiger partial charge in [-0.05, 0) is 73.1 Å². The van der Waals surface area contributed by atoms with Crippen LogP contribution in [-0.2, 0) is 4.74 Å². The van der Waals surface area contributed by atoms with E-state index in [1.54, 1.807) is 0 Å². The van der Waals surface area contributed by atoms with Gasteiger partial charge in [-0.3, -0.25) is 0 Å². The fourth-order valence-corrected chi connectivity index (χ4v) is 5.92. The molecule has 0 aromatic carbocycles. The van der Waals surface area contributed by atoms with E-state index in [4.69, 9.17) is 4.74 Å². The molecule has 1 aliphatic carbocycles. The Hall–Kier alpha value is 0.1000. The molecule has 2 fully saturated rings. The van der Waals surface area contributed by atoms with Crippen LogP contribution in [0.4, 0.5) is 0 Å². The standard InChI is InChI=1S/C17H26BrNOS/c1-12-10-14(21-16(12)18)15(19-2)13-6-9-20-17(11-13)7-4-3-5-8-17/h10,13,15,19H,3-9,11H2,1-2H3. The lowest BCUT2D eigenvalue weighted by molar-refractivity contribution is -0.121. The van der Waals surface area contributed by atoms with Crippen molar-refractivity contribution in [2.45, 2.75) is 63.5 Å². The molecule has 3 rings (SSSR count). The number of ether oxygens (including phenoxy) is 1. The number of halogens is 1. The average molecular weight is 372 g/mol. The molecule has 1 aromatic rings. The SMILES string of the molecule is CNC(c1cc(C)c(Br)s1)C1CCOC2(CCCCC2)C1. The predicted octanol–water partition coefficient (Wildman–Crippen LogP) is 5.21. The smallest absolute Gasteiger partial charge is 0.0731 e. The molecule has 4 heteroatoms. The predicted molar refractivity (Wildman–Crippen MR) is 93.0 cm³/mol. The Morgan fingerprint density at radius 1 is 1.38 bits per heavy atom. The van der Waals surface area contributed by atoms with E-state index < -0.39 is 0 Å². The Labute approximate surface area is 140 Å². The van der Waals surface area contributed by atoms with E-state index in [9.17, 15) is 0 Å². The van der Waals surface area contributed by atoms with Gasteiger partial charge in [0.15, 0.2) is 0 Å². The van der Waals surface area contributed by atoms with Crippen molar-refractivity contribution in [3.8, 4) is 0 Å².